The van der Waals surface area contributed by atoms with Crippen molar-refractivity contribution >= 4 is 22.5 Å². The van der Waals surface area contributed by atoms with Gasteiger partial charge in [-0.05, 0) is 31.0 Å². The van der Waals surface area contributed by atoms with Crippen molar-refractivity contribution in [2.24, 2.45) is 0 Å². The third kappa shape index (κ3) is 2.36. The second kappa shape index (κ2) is 5.67. The molecule has 6 heteroatoms. The number of aromatic nitrogens is 1. The number of carbonyl (C=O) groups is 1. The Bertz CT molecular complexity index is 1110. The van der Waals surface area contributed by atoms with E-state index in [1.54, 1.807) is 13.2 Å². The number of methoxy groups -OCH3 is 1. The fraction of sp³-hybridized carbons (Fsp3) is 0.238. The first-order valence-electron chi connectivity index (χ1n) is 8.94. The van der Waals surface area contributed by atoms with Gasteiger partial charge in [0, 0.05) is 22.6 Å². The quantitative estimate of drug-likeness (QED) is 0.769. The number of halogens is 1. The summed E-state index contributed by atoms with van der Waals surface area (Å²) in [6.07, 6.45) is 2.07. The van der Waals surface area contributed by atoms with Gasteiger partial charge >= 0.3 is 0 Å². The lowest BCUT2D eigenvalue weighted by molar-refractivity contribution is 0.0767. The number of anilines is 1. The van der Waals surface area contributed by atoms with E-state index in [0.29, 0.717) is 51.7 Å². The number of hydrogen-bond acceptors (Lipinski definition) is 4. The summed E-state index contributed by atoms with van der Waals surface area (Å²) in [5.74, 6) is 0.167. The number of nitrogens with zero attached hydrogens (tertiary/aromatic N) is 2. The highest BCUT2D eigenvalue weighted by molar-refractivity contribution is 6.11. The molecule has 1 aliphatic heterocycles. The van der Waals surface area contributed by atoms with Crippen LogP contribution in [0.5, 0.6) is 5.75 Å². The summed E-state index contributed by atoms with van der Waals surface area (Å²) in [5.41, 5.74) is 10.0. The molecule has 3 aromatic rings. The van der Waals surface area contributed by atoms with E-state index < -0.39 is 0 Å². The molecule has 2 aliphatic rings. The van der Waals surface area contributed by atoms with E-state index in [-0.39, 0.29) is 11.7 Å². The Balaban J connectivity index is 1.76. The van der Waals surface area contributed by atoms with Crippen LogP contribution >= 0.6 is 0 Å². The molecule has 5 rings (SSSR count). The number of para-hydroxylation sites is 1. The van der Waals surface area contributed by atoms with Gasteiger partial charge in [0.05, 0.1) is 36.1 Å². The molecule has 1 saturated carbocycles. The second-order valence-electron chi connectivity index (χ2n) is 7.06. The summed E-state index contributed by atoms with van der Waals surface area (Å²) >= 11 is 0. The van der Waals surface area contributed by atoms with Crippen LogP contribution in [0.4, 0.5) is 10.1 Å². The largest absolute Gasteiger partial charge is 0.496 e. The fourth-order valence-corrected chi connectivity index (χ4v) is 3.88. The van der Waals surface area contributed by atoms with Gasteiger partial charge < -0.3 is 15.4 Å². The number of nitrogen functional groups attached to an aromatic ring is 1. The summed E-state index contributed by atoms with van der Waals surface area (Å²) < 4.78 is 19.3. The summed E-state index contributed by atoms with van der Waals surface area (Å²) in [5, 5.41) is 0.698. The first-order valence-corrected chi connectivity index (χ1v) is 8.94. The predicted octanol–water partition coefficient (Wildman–Crippen LogP) is 3.75. The van der Waals surface area contributed by atoms with Crippen molar-refractivity contribution in [2.45, 2.75) is 25.4 Å². The molecule has 0 bridgehead atoms. The summed E-state index contributed by atoms with van der Waals surface area (Å²) in [6, 6.07) is 10.2. The highest BCUT2D eigenvalue weighted by Gasteiger charge is 2.40. The van der Waals surface area contributed by atoms with Crippen molar-refractivity contribution in [1.29, 1.82) is 0 Å². The zero-order valence-electron chi connectivity index (χ0n) is 14.8. The van der Waals surface area contributed by atoms with E-state index in [1.807, 2.05) is 23.1 Å². The van der Waals surface area contributed by atoms with Crippen LogP contribution in [0.2, 0.25) is 0 Å². The molecule has 1 aliphatic carbocycles. The Labute approximate surface area is 155 Å². The number of hydrogen-bond donors (Lipinski definition) is 1. The zero-order valence-corrected chi connectivity index (χ0v) is 14.8. The van der Waals surface area contributed by atoms with Crippen LogP contribution in [-0.4, -0.2) is 28.9 Å². The minimum atomic E-state index is -0.355. The molecule has 0 radical (unpaired) electrons. The molecule has 2 aromatic carbocycles. The monoisotopic (exact) mass is 363 g/mol. The first-order chi connectivity index (χ1) is 13.1. The van der Waals surface area contributed by atoms with E-state index in [0.717, 1.165) is 18.4 Å². The van der Waals surface area contributed by atoms with Gasteiger partial charge in [-0.15, -0.1) is 0 Å². The lowest BCUT2D eigenvalue weighted by Crippen LogP contribution is -2.26. The summed E-state index contributed by atoms with van der Waals surface area (Å²) in [4.78, 5) is 19.4. The van der Waals surface area contributed by atoms with Crippen molar-refractivity contribution < 1.29 is 13.9 Å². The Morgan fingerprint density at radius 2 is 2.04 bits per heavy atom. The zero-order chi connectivity index (χ0) is 18.7. The van der Waals surface area contributed by atoms with Crippen LogP contribution in [0.3, 0.4) is 0 Å². The van der Waals surface area contributed by atoms with E-state index in [2.05, 4.69) is 0 Å². The molecule has 1 fully saturated rings. The normalized spacial score (nSPS) is 16.1. The van der Waals surface area contributed by atoms with Crippen molar-refractivity contribution in [3.05, 3.63) is 53.5 Å². The van der Waals surface area contributed by atoms with Gasteiger partial charge in [-0.3, -0.25) is 4.79 Å². The molecular weight excluding hydrogens is 345 g/mol. The molecule has 1 aromatic heterocycles. The van der Waals surface area contributed by atoms with Crippen molar-refractivity contribution in [3.8, 4) is 16.9 Å². The van der Waals surface area contributed by atoms with Gasteiger partial charge in [0.1, 0.15) is 11.6 Å². The maximum Gasteiger partial charge on any atom is 0.258 e. The molecule has 27 heavy (non-hydrogen) atoms. The van der Waals surface area contributed by atoms with Crippen LogP contribution < -0.4 is 10.5 Å². The van der Waals surface area contributed by atoms with Crippen LogP contribution in [0.25, 0.3) is 22.0 Å². The molecule has 0 spiro atoms. The average Bonchev–Trinajstić information content (AvgIpc) is 3.45. The molecule has 5 nitrogen and oxygen atoms in total. The molecular formula is C21H18FN3O2. The molecule has 2 heterocycles. The van der Waals surface area contributed by atoms with E-state index in [1.165, 1.54) is 12.1 Å². The van der Waals surface area contributed by atoms with Gasteiger partial charge in [0.2, 0.25) is 0 Å². The van der Waals surface area contributed by atoms with Crippen LogP contribution in [0.15, 0.2) is 36.4 Å². The maximum atomic E-state index is 13.9. The summed E-state index contributed by atoms with van der Waals surface area (Å²) in [6.45, 7) is 0.480. The summed E-state index contributed by atoms with van der Waals surface area (Å²) in [7, 11) is 1.55. The number of pyridine rings is 1. The molecule has 0 atom stereocenters. The predicted molar refractivity (Wildman–Crippen MR) is 101 cm³/mol. The van der Waals surface area contributed by atoms with Gasteiger partial charge in [0.15, 0.2) is 0 Å². The number of nitrogens with two attached hydrogens (primary N) is 1. The van der Waals surface area contributed by atoms with Crippen LogP contribution in [0.1, 0.15) is 28.9 Å². The minimum Gasteiger partial charge on any atom is -0.496 e. The van der Waals surface area contributed by atoms with Gasteiger partial charge in [-0.25, -0.2) is 9.37 Å². The van der Waals surface area contributed by atoms with Crippen molar-refractivity contribution in [3.63, 3.8) is 0 Å². The Hall–Kier alpha value is -3.15. The fourth-order valence-electron chi connectivity index (χ4n) is 3.88. The highest BCUT2D eigenvalue weighted by atomic mass is 19.1. The van der Waals surface area contributed by atoms with E-state index in [4.69, 9.17) is 15.5 Å². The second-order valence-corrected chi connectivity index (χ2v) is 7.06. The first kappa shape index (κ1) is 16.1. The lowest BCUT2D eigenvalue weighted by atomic mass is 9.98. The highest BCUT2D eigenvalue weighted by Crippen LogP contribution is 2.41. The van der Waals surface area contributed by atoms with E-state index >= 15 is 0 Å². The Morgan fingerprint density at radius 1 is 1.22 bits per heavy atom. The molecule has 1 amide bonds. The standard InChI is InChI=1S/C21H18FN3O2/c1-27-17-8-5-11(22)9-15(17)13-3-2-4-14-19(23)18-16(24-20(13)14)10-25(21(18)26)12-6-7-12/h2-5,8-9,12H,6-7,10H2,1H3,(H2,23,24). The molecule has 2 N–H and O–H groups in total. The number of carbonyl (C=O) groups excluding carboxylic acids is 1. The van der Waals surface area contributed by atoms with Gasteiger partial charge in [-0.2, -0.15) is 0 Å². The Kier molecular flexibility index (Phi) is 3.37. The van der Waals surface area contributed by atoms with E-state index in [9.17, 15) is 9.18 Å². The smallest absolute Gasteiger partial charge is 0.258 e. The van der Waals surface area contributed by atoms with Gasteiger partial charge in [0.25, 0.3) is 5.91 Å². The number of ether oxygens (including phenoxy) is 1. The lowest BCUT2D eigenvalue weighted by Gasteiger charge is -2.13. The maximum absolute atomic E-state index is 13.9. The van der Waals surface area contributed by atoms with Crippen molar-refractivity contribution in [2.75, 3.05) is 12.8 Å². The van der Waals surface area contributed by atoms with Crippen LogP contribution in [0, 0.1) is 5.82 Å². The molecule has 0 saturated heterocycles. The van der Waals surface area contributed by atoms with Crippen LogP contribution in [-0.2, 0) is 6.54 Å². The van der Waals surface area contributed by atoms with Crippen molar-refractivity contribution in [1.82, 2.24) is 9.88 Å². The molecule has 136 valence electrons. The topological polar surface area (TPSA) is 68.5 Å². The number of rotatable bonds is 3. The average molecular weight is 363 g/mol. The molecule has 0 unspecified atom stereocenters. The third-order valence-electron chi connectivity index (χ3n) is 5.37. The SMILES string of the molecule is COc1ccc(F)cc1-c1cccc2c(N)c3c(nc12)CN(C1CC1)C3=O. The number of fused-ring (bicyclic) bond motifs is 2. The number of benzene rings is 2. The number of amides is 1. The minimum absolute atomic E-state index is 0.0341. The van der Waals surface area contributed by atoms with Gasteiger partial charge in [-0.1, -0.05) is 18.2 Å². The third-order valence-corrected chi connectivity index (χ3v) is 5.37. The Morgan fingerprint density at radius 3 is 2.78 bits per heavy atom.